The Hall–Kier alpha value is -1.43. The first kappa shape index (κ1) is 19.9. The van der Waals surface area contributed by atoms with Crippen molar-refractivity contribution >= 4 is 38.9 Å². The molecule has 2 aliphatic heterocycles. The molecule has 0 spiro atoms. The highest BCUT2D eigenvalue weighted by atomic mass is 79.9. The van der Waals surface area contributed by atoms with Gasteiger partial charge in [-0.15, -0.1) is 0 Å². The van der Waals surface area contributed by atoms with Gasteiger partial charge in [0.05, 0.1) is 13.1 Å². The van der Waals surface area contributed by atoms with Crippen LogP contribution in [0, 0.1) is 10.8 Å². The van der Waals surface area contributed by atoms with E-state index < -0.39 is 0 Å². The topological polar surface area (TPSA) is 19.7 Å². The molecule has 3 atom stereocenters. The highest BCUT2D eigenvalue weighted by Gasteiger charge is 2.51. The zero-order valence-corrected chi connectivity index (χ0v) is 19.1. The molecule has 0 saturated carbocycles. The van der Waals surface area contributed by atoms with Crippen molar-refractivity contribution in [2.45, 2.75) is 26.8 Å². The van der Waals surface area contributed by atoms with Crippen LogP contribution < -0.4 is 10.2 Å². The first-order valence-electron chi connectivity index (χ1n) is 10.0. The molecule has 2 fully saturated rings. The average Bonchev–Trinajstić information content (AvgIpc) is 2.62. The quantitative estimate of drug-likeness (QED) is 0.678. The first-order chi connectivity index (χ1) is 13.3. The molecule has 0 amide bonds. The van der Waals surface area contributed by atoms with Crippen molar-refractivity contribution in [2.24, 2.45) is 10.8 Å². The molecule has 2 saturated heterocycles. The van der Waals surface area contributed by atoms with E-state index in [1.54, 1.807) is 4.90 Å². The number of likely N-dealkylation sites (tertiary alicyclic amines) is 2. The number of rotatable bonds is 3. The Bertz CT molecular complexity index is 821. The minimum atomic E-state index is 0.290. The van der Waals surface area contributed by atoms with Crippen molar-refractivity contribution in [3.8, 4) is 0 Å². The minimum Gasteiger partial charge on any atom is -0.347 e. The molecule has 2 heterocycles. The third-order valence-corrected chi connectivity index (χ3v) is 6.92. The largest absolute Gasteiger partial charge is 0.347 e. The van der Waals surface area contributed by atoms with Crippen LogP contribution >= 0.6 is 28.1 Å². The fourth-order valence-corrected chi connectivity index (χ4v) is 6.02. The second kappa shape index (κ2) is 7.77. The van der Waals surface area contributed by atoms with Gasteiger partial charge in [0.2, 0.25) is 0 Å². The maximum Gasteiger partial charge on any atom is 0.173 e. The SMILES string of the molecule is C[C@]12CN(C(=S)Nc3ccccc3)C[C@](C)(C[NH+](Cc3ccc(Br)cc3)C1)C2. The summed E-state index contributed by atoms with van der Waals surface area (Å²) in [6, 6.07) is 19.1. The van der Waals surface area contributed by atoms with E-state index in [9.17, 15) is 0 Å². The minimum absolute atomic E-state index is 0.290. The molecule has 5 heteroatoms. The van der Waals surface area contributed by atoms with E-state index in [0.717, 1.165) is 34.9 Å². The zero-order valence-electron chi connectivity index (χ0n) is 16.7. The van der Waals surface area contributed by atoms with Crippen LogP contribution in [0.25, 0.3) is 0 Å². The Kier molecular flexibility index (Phi) is 5.51. The second-order valence-electron chi connectivity index (χ2n) is 9.36. The van der Waals surface area contributed by atoms with Crippen molar-refractivity contribution in [1.29, 1.82) is 0 Å². The van der Waals surface area contributed by atoms with Crippen molar-refractivity contribution < 1.29 is 4.90 Å². The Balaban J connectivity index is 1.45. The molecule has 4 rings (SSSR count). The molecule has 3 nitrogen and oxygen atoms in total. The average molecular weight is 459 g/mol. The summed E-state index contributed by atoms with van der Waals surface area (Å²) in [7, 11) is 0. The monoisotopic (exact) mass is 458 g/mol. The van der Waals surface area contributed by atoms with Crippen LogP contribution in [0.5, 0.6) is 0 Å². The van der Waals surface area contributed by atoms with Crippen molar-refractivity contribution in [3.05, 3.63) is 64.6 Å². The summed E-state index contributed by atoms with van der Waals surface area (Å²) < 4.78 is 1.15. The van der Waals surface area contributed by atoms with E-state index in [2.05, 4.69) is 76.4 Å². The molecule has 0 radical (unpaired) electrons. The normalized spacial score (nSPS) is 29.4. The fraction of sp³-hybridized carbons (Fsp3) is 0.435. The number of quaternary nitrogens is 1. The van der Waals surface area contributed by atoms with Gasteiger partial charge >= 0.3 is 0 Å². The number of nitrogens with zero attached hydrogens (tertiary/aromatic N) is 1. The standard InChI is InChI=1S/C23H28BrN3S/c1-22-13-23(2,15-26(14-22)12-18-8-10-19(24)11-9-18)17-27(16-22)21(28)25-20-6-4-3-5-7-20/h3-11H,12-17H2,1-2H3,(H,25,28)/p+1/t22-,23+. The zero-order chi connectivity index (χ0) is 19.8. The number of piperidine rings is 2. The predicted molar refractivity (Wildman–Crippen MR) is 124 cm³/mol. The summed E-state index contributed by atoms with van der Waals surface area (Å²) in [5, 5.41) is 4.30. The van der Waals surface area contributed by atoms with Gasteiger partial charge in [0, 0.05) is 39.6 Å². The molecule has 0 aromatic heterocycles. The number of para-hydroxylation sites is 1. The Morgan fingerprint density at radius 1 is 1.04 bits per heavy atom. The molecule has 2 N–H and O–H groups in total. The Morgan fingerprint density at radius 2 is 1.64 bits per heavy atom. The molecular weight excluding hydrogens is 430 g/mol. The van der Waals surface area contributed by atoms with Gasteiger partial charge in [0.15, 0.2) is 5.11 Å². The highest BCUT2D eigenvalue weighted by Crippen LogP contribution is 2.41. The summed E-state index contributed by atoms with van der Waals surface area (Å²) in [4.78, 5) is 4.10. The van der Waals surface area contributed by atoms with Gasteiger partial charge in [-0.1, -0.05) is 60.1 Å². The smallest absolute Gasteiger partial charge is 0.173 e. The number of hydrogen-bond acceptors (Lipinski definition) is 1. The van der Waals surface area contributed by atoms with Gasteiger partial charge in [-0.3, -0.25) is 0 Å². The second-order valence-corrected chi connectivity index (χ2v) is 10.7. The lowest BCUT2D eigenvalue weighted by Crippen LogP contribution is -3.15. The van der Waals surface area contributed by atoms with E-state index >= 15 is 0 Å². The van der Waals surface area contributed by atoms with Gasteiger partial charge in [-0.2, -0.15) is 0 Å². The molecule has 1 unspecified atom stereocenters. The van der Waals surface area contributed by atoms with Gasteiger partial charge in [0.1, 0.15) is 6.54 Å². The van der Waals surface area contributed by atoms with E-state index in [4.69, 9.17) is 12.2 Å². The van der Waals surface area contributed by atoms with Gasteiger partial charge < -0.3 is 15.1 Å². The van der Waals surface area contributed by atoms with Crippen LogP contribution in [0.1, 0.15) is 25.8 Å². The fourth-order valence-electron chi connectivity index (χ4n) is 5.51. The number of fused-ring (bicyclic) bond motifs is 2. The van der Waals surface area contributed by atoms with E-state index in [-0.39, 0.29) is 0 Å². The van der Waals surface area contributed by atoms with Gasteiger partial charge in [-0.05, 0) is 42.9 Å². The lowest BCUT2D eigenvalue weighted by Gasteiger charge is -2.55. The molecule has 148 valence electrons. The maximum absolute atomic E-state index is 5.78. The molecule has 2 aromatic carbocycles. The maximum atomic E-state index is 5.78. The van der Waals surface area contributed by atoms with Crippen LogP contribution in [0.2, 0.25) is 0 Å². The van der Waals surface area contributed by atoms with Crippen molar-refractivity contribution in [2.75, 3.05) is 31.5 Å². The first-order valence-corrected chi connectivity index (χ1v) is 11.2. The third-order valence-electron chi connectivity index (χ3n) is 6.03. The summed E-state index contributed by atoms with van der Waals surface area (Å²) in [6.07, 6.45) is 1.29. The number of nitrogens with one attached hydrogen (secondary N) is 2. The van der Waals surface area contributed by atoms with Crippen LogP contribution in [0.3, 0.4) is 0 Å². The van der Waals surface area contributed by atoms with Crippen molar-refractivity contribution in [1.82, 2.24) is 4.90 Å². The molecular formula is C23H29BrN3S+. The predicted octanol–water partition coefficient (Wildman–Crippen LogP) is 3.96. The lowest BCUT2D eigenvalue weighted by molar-refractivity contribution is -0.934. The van der Waals surface area contributed by atoms with Crippen LogP contribution in [0.4, 0.5) is 5.69 Å². The third kappa shape index (κ3) is 4.58. The summed E-state index contributed by atoms with van der Waals surface area (Å²) in [6.45, 7) is 10.5. The van der Waals surface area contributed by atoms with Gasteiger partial charge in [-0.25, -0.2) is 0 Å². The molecule has 28 heavy (non-hydrogen) atoms. The number of hydrogen-bond donors (Lipinski definition) is 2. The number of anilines is 1. The molecule has 2 bridgehead atoms. The lowest BCUT2D eigenvalue weighted by atomic mass is 9.65. The number of thiocarbonyl (C=S) groups is 1. The Morgan fingerprint density at radius 3 is 2.25 bits per heavy atom. The number of benzene rings is 2. The van der Waals surface area contributed by atoms with Gasteiger partial charge in [0.25, 0.3) is 0 Å². The summed E-state index contributed by atoms with van der Waals surface area (Å²) >= 11 is 9.32. The molecule has 2 aromatic rings. The highest BCUT2D eigenvalue weighted by molar-refractivity contribution is 9.10. The van der Waals surface area contributed by atoms with E-state index in [0.29, 0.717) is 10.8 Å². The summed E-state index contributed by atoms with van der Waals surface area (Å²) in [5.41, 5.74) is 3.07. The van der Waals surface area contributed by atoms with Crippen LogP contribution in [-0.2, 0) is 6.54 Å². The van der Waals surface area contributed by atoms with Crippen LogP contribution in [-0.4, -0.2) is 36.2 Å². The Labute approximate surface area is 182 Å². The number of halogens is 1. The molecule has 0 aliphatic carbocycles. The molecule has 2 aliphatic rings. The van der Waals surface area contributed by atoms with E-state index in [1.807, 2.05) is 18.2 Å². The summed E-state index contributed by atoms with van der Waals surface area (Å²) in [5.74, 6) is 0. The van der Waals surface area contributed by atoms with Crippen LogP contribution in [0.15, 0.2) is 59.1 Å². The van der Waals surface area contributed by atoms with E-state index in [1.165, 1.54) is 25.1 Å². The van der Waals surface area contributed by atoms with Crippen molar-refractivity contribution in [3.63, 3.8) is 0 Å².